The van der Waals surface area contributed by atoms with Crippen molar-refractivity contribution in [2.24, 2.45) is 0 Å². The maximum atomic E-state index is 11.4. The third kappa shape index (κ3) is 3.35. The molecular weight excluding hydrogens is 202 g/mol. The first kappa shape index (κ1) is 11.1. The van der Waals surface area contributed by atoms with E-state index in [1.54, 1.807) is 6.42 Å². The van der Waals surface area contributed by atoms with Crippen molar-refractivity contribution >= 4 is 5.91 Å². The molecular formula is C13H16NO2. The van der Waals surface area contributed by atoms with Gasteiger partial charge in [0.15, 0.2) is 0 Å². The van der Waals surface area contributed by atoms with Crippen molar-refractivity contribution in [1.29, 1.82) is 0 Å². The number of amides is 1. The van der Waals surface area contributed by atoms with Crippen molar-refractivity contribution in [2.75, 3.05) is 0 Å². The lowest BCUT2D eigenvalue weighted by Gasteiger charge is -2.10. The highest BCUT2D eigenvalue weighted by atomic mass is 16.3. The third-order valence-corrected chi connectivity index (χ3v) is 2.61. The summed E-state index contributed by atoms with van der Waals surface area (Å²) in [6.07, 6.45) is 3.32. The van der Waals surface area contributed by atoms with Crippen LogP contribution in [0.25, 0.3) is 0 Å². The minimum Gasteiger partial charge on any atom is -0.383 e. The molecule has 1 radical (unpaired) electrons. The number of aliphatic hydroxyl groups is 1. The van der Waals surface area contributed by atoms with Gasteiger partial charge in [0.05, 0.1) is 0 Å². The van der Waals surface area contributed by atoms with Gasteiger partial charge < -0.3 is 10.4 Å². The van der Waals surface area contributed by atoms with Crippen LogP contribution in [0.3, 0.4) is 0 Å². The van der Waals surface area contributed by atoms with Crippen LogP contribution in [-0.4, -0.2) is 23.2 Å². The largest absolute Gasteiger partial charge is 0.383 e. The Kier molecular flexibility index (Phi) is 3.57. The number of nitrogens with one attached hydrogen (secondary N) is 1. The van der Waals surface area contributed by atoms with Crippen LogP contribution in [0.4, 0.5) is 0 Å². The predicted octanol–water partition coefficient (Wildman–Crippen LogP) is 1.07. The van der Waals surface area contributed by atoms with E-state index in [2.05, 4.69) is 5.32 Å². The molecule has 1 aliphatic rings. The fraction of sp³-hybridized carbons (Fsp3) is 0.385. The maximum absolute atomic E-state index is 11.4. The fourth-order valence-electron chi connectivity index (χ4n) is 1.48. The minimum absolute atomic E-state index is 0.279. The van der Waals surface area contributed by atoms with E-state index < -0.39 is 6.10 Å². The molecule has 0 spiro atoms. The highest BCUT2D eigenvalue weighted by molar-refractivity contribution is 5.82. The van der Waals surface area contributed by atoms with Crippen molar-refractivity contribution in [3.63, 3.8) is 0 Å². The molecule has 1 aliphatic carbocycles. The van der Waals surface area contributed by atoms with Gasteiger partial charge in [-0.1, -0.05) is 30.3 Å². The summed E-state index contributed by atoms with van der Waals surface area (Å²) in [4.78, 5) is 11.4. The Morgan fingerprint density at radius 1 is 1.44 bits per heavy atom. The summed E-state index contributed by atoms with van der Waals surface area (Å²) in [5, 5.41) is 12.4. The number of hydrogen-bond donors (Lipinski definition) is 2. The van der Waals surface area contributed by atoms with Gasteiger partial charge in [-0.15, -0.1) is 0 Å². The summed E-state index contributed by atoms with van der Waals surface area (Å²) in [7, 11) is 0. The summed E-state index contributed by atoms with van der Waals surface area (Å²) >= 11 is 0. The van der Waals surface area contributed by atoms with Gasteiger partial charge in [-0.25, -0.2) is 0 Å². The Morgan fingerprint density at radius 2 is 2.12 bits per heavy atom. The number of carbonyl (C=O) groups excluding carboxylic acids is 1. The van der Waals surface area contributed by atoms with Crippen LogP contribution >= 0.6 is 0 Å². The molecule has 3 heteroatoms. The molecule has 1 aromatic carbocycles. The first-order valence-corrected chi connectivity index (χ1v) is 5.61. The van der Waals surface area contributed by atoms with Crippen molar-refractivity contribution < 1.29 is 9.90 Å². The second-order valence-electron chi connectivity index (χ2n) is 4.15. The predicted molar refractivity (Wildman–Crippen MR) is 61.6 cm³/mol. The molecule has 0 aromatic heterocycles. The normalized spacial score (nSPS) is 16.8. The minimum atomic E-state index is -0.999. The molecule has 0 aliphatic heterocycles. The van der Waals surface area contributed by atoms with Crippen molar-refractivity contribution in [2.45, 2.75) is 31.4 Å². The Hall–Kier alpha value is -1.35. The molecule has 1 aromatic rings. The summed E-state index contributed by atoms with van der Waals surface area (Å²) in [6.45, 7) is 0. The monoisotopic (exact) mass is 218 g/mol. The number of hydrogen-bond acceptors (Lipinski definition) is 2. The average Bonchev–Trinajstić information content (AvgIpc) is 3.11. The Morgan fingerprint density at radius 3 is 2.75 bits per heavy atom. The molecule has 1 saturated carbocycles. The second-order valence-corrected chi connectivity index (χ2v) is 4.15. The molecule has 1 amide bonds. The zero-order valence-corrected chi connectivity index (χ0v) is 9.10. The van der Waals surface area contributed by atoms with Gasteiger partial charge in [-0.3, -0.25) is 4.79 Å². The third-order valence-electron chi connectivity index (χ3n) is 2.61. The first-order valence-electron chi connectivity index (χ1n) is 5.61. The molecule has 0 heterocycles. The molecule has 2 N–H and O–H groups in total. The average molecular weight is 218 g/mol. The molecule has 0 saturated heterocycles. The van der Waals surface area contributed by atoms with Crippen molar-refractivity contribution in [3.8, 4) is 0 Å². The van der Waals surface area contributed by atoms with Gasteiger partial charge in [-0.05, 0) is 24.8 Å². The Balaban J connectivity index is 1.74. The van der Waals surface area contributed by atoms with Crippen LogP contribution in [0.15, 0.2) is 30.3 Å². The molecule has 85 valence electrons. The first-order chi connectivity index (χ1) is 7.75. The van der Waals surface area contributed by atoms with Crippen molar-refractivity contribution in [1.82, 2.24) is 5.32 Å². The van der Waals surface area contributed by atoms with Gasteiger partial charge in [-0.2, -0.15) is 0 Å². The lowest BCUT2D eigenvalue weighted by atomic mass is 10.1. The van der Waals surface area contributed by atoms with Gasteiger partial charge in [0.1, 0.15) is 6.10 Å². The Bertz CT molecular complexity index is 346. The van der Waals surface area contributed by atoms with Crippen LogP contribution in [0.1, 0.15) is 18.4 Å². The van der Waals surface area contributed by atoms with Gasteiger partial charge >= 0.3 is 0 Å². The SMILES string of the molecule is O=C(NC1CC1)C(O)[CH]Cc1ccccc1. The van der Waals surface area contributed by atoms with E-state index in [0.717, 1.165) is 18.4 Å². The van der Waals surface area contributed by atoms with Gasteiger partial charge in [0, 0.05) is 12.5 Å². The molecule has 1 fully saturated rings. The van der Waals surface area contributed by atoms with Crippen LogP contribution in [0.5, 0.6) is 0 Å². The quantitative estimate of drug-likeness (QED) is 0.776. The second kappa shape index (κ2) is 5.12. The maximum Gasteiger partial charge on any atom is 0.249 e. The molecule has 0 bridgehead atoms. The zero-order chi connectivity index (χ0) is 11.4. The number of rotatable bonds is 5. The van der Waals surface area contributed by atoms with Crippen LogP contribution in [0, 0.1) is 6.42 Å². The molecule has 3 nitrogen and oxygen atoms in total. The molecule has 1 atom stereocenters. The summed E-state index contributed by atoms with van der Waals surface area (Å²) < 4.78 is 0. The lowest BCUT2D eigenvalue weighted by Crippen LogP contribution is -2.36. The molecule has 2 rings (SSSR count). The number of carbonyl (C=O) groups is 1. The number of aliphatic hydroxyl groups excluding tert-OH is 1. The molecule has 16 heavy (non-hydrogen) atoms. The standard InChI is InChI=1S/C13H16NO2/c15-12(13(16)14-11-7-8-11)9-6-10-4-2-1-3-5-10/h1-5,9,11-12,15H,6-8H2,(H,14,16). The summed E-state index contributed by atoms with van der Waals surface area (Å²) in [6, 6.07) is 10.1. The smallest absolute Gasteiger partial charge is 0.249 e. The lowest BCUT2D eigenvalue weighted by molar-refractivity contribution is -0.127. The van der Waals surface area contributed by atoms with Gasteiger partial charge in [0.25, 0.3) is 0 Å². The van der Waals surface area contributed by atoms with Gasteiger partial charge in [0.2, 0.25) is 5.91 Å². The summed E-state index contributed by atoms with van der Waals surface area (Å²) in [5.41, 5.74) is 1.10. The number of benzene rings is 1. The van der Waals surface area contributed by atoms with E-state index >= 15 is 0 Å². The van der Waals surface area contributed by atoms with Crippen molar-refractivity contribution in [3.05, 3.63) is 42.3 Å². The van der Waals surface area contributed by atoms with E-state index in [9.17, 15) is 9.90 Å². The highest BCUT2D eigenvalue weighted by Gasteiger charge is 2.26. The molecule has 1 unspecified atom stereocenters. The van der Waals surface area contributed by atoms with E-state index in [0.29, 0.717) is 12.5 Å². The van der Waals surface area contributed by atoms with E-state index in [1.165, 1.54) is 0 Å². The van der Waals surface area contributed by atoms with E-state index in [-0.39, 0.29) is 5.91 Å². The van der Waals surface area contributed by atoms with Crippen LogP contribution in [0.2, 0.25) is 0 Å². The highest BCUT2D eigenvalue weighted by Crippen LogP contribution is 2.18. The fourth-order valence-corrected chi connectivity index (χ4v) is 1.48. The topological polar surface area (TPSA) is 49.3 Å². The van der Waals surface area contributed by atoms with E-state index in [4.69, 9.17) is 0 Å². The zero-order valence-electron chi connectivity index (χ0n) is 9.10. The summed E-state index contributed by atoms with van der Waals surface area (Å²) in [5.74, 6) is -0.279. The van der Waals surface area contributed by atoms with Crippen LogP contribution in [-0.2, 0) is 11.2 Å². The Labute approximate surface area is 95.5 Å². The van der Waals surface area contributed by atoms with Crippen LogP contribution < -0.4 is 5.32 Å². The van der Waals surface area contributed by atoms with E-state index in [1.807, 2.05) is 30.3 Å².